The van der Waals surface area contributed by atoms with Gasteiger partial charge in [0.15, 0.2) is 0 Å². The molecule has 0 aliphatic carbocycles. The highest BCUT2D eigenvalue weighted by Crippen LogP contribution is 2.34. The van der Waals surface area contributed by atoms with Crippen LogP contribution in [0.1, 0.15) is 17.3 Å². The number of carbonyl (C=O) groups is 2. The number of hydrogen-bond donors (Lipinski definition) is 0. The molecule has 0 N–H and O–H groups in total. The van der Waals surface area contributed by atoms with Crippen molar-refractivity contribution >= 4 is 29.2 Å². The van der Waals surface area contributed by atoms with Gasteiger partial charge in [0.1, 0.15) is 0 Å². The molecule has 0 atom stereocenters. The van der Waals surface area contributed by atoms with Crippen molar-refractivity contribution in [2.24, 2.45) is 0 Å². The standard InChI is InChI=1S/C9H6ClNO6/c1-4(12)17-8-6(9(13)14)2-5(10)3-7(8)11(15)16/h2-3H,1H3,(H,13,14)/p-1. The molecule has 0 heterocycles. The van der Waals surface area contributed by atoms with Gasteiger partial charge >= 0.3 is 11.7 Å². The predicted molar refractivity (Wildman–Crippen MR) is 53.7 cm³/mol. The Bertz CT molecular complexity index is 477. The zero-order valence-corrected chi connectivity index (χ0v) is 9.19. The van der Waals surface area contributed by atoms with Gasteiger partial charge in [0, 0.05) is 23.6 Å². The SMILES string of the molecule is CC(=O)Oc1c(C(=O)[O-])cc(Cl)cc1[N+](=O)[O-]. The summed E-state index contributed by atoms with van der Waals surface area (Å²) in [6.45, 7) is 0.984. The van der Waals surface area contributed by atoms with E-state index in [0.29, 0.717) is 0 Å². The number of benzene rings is 1. The lowest BCUT2D eigenvalue weighted by molar-refractivity contribution is -0.385. The van der Waals surface area contributed by atoms with Gasteiger partial charge in [-0.05, 0) is 6.07 Å². The summed E-state index contributed by atoms with van der Waals surface area (Å²) < 4.78 is 4.49. The maximum atomic E-state index is 10.8. The van der Waals surface area contributed by atoms with Gasteiger partial charge in [0.2, 0.25) is 5.75 Å². The quantitative estimate of drug-likeness (QED) is 0.339. The largest absolute Gasteiger partial charge is 0.545 e. The first-order valence-electron chi connectivity index (χ1n) is 4.20. The molecule has 8 heteroatoms. The second kappa shape index (κ2) is 4.79. The van der Waals surface area contributed by atoms with Gasteiger partial charge in [0.25, 0.3) is 0 Å². The normalized spacial score (nSPS) is 9.76. The van der Waals surface area contributed by atoms with E-state index in [-0.39, 0.29) is 5.02 Å². The third kappa shape index (κ3) is 2.91. The molecule has 0 radical (unpaired) electrons. The Hall–Kier alpha value is -2.15. The topological polar surface area (TPSA) is 110 Å². The minimum absolute atomic E-state index is 0.174. The molecule has 1 rings (SSSR count). The van der Waals surface area contributed by atoms with Crippen LogP contribution < -0.4 is 9.84 Å². The maximum Gasteiger partial charge on any atom is 0.313 e. The summed E-state index contributed by atoms with van der Waals surface area (Å²) >= 11 is 5.51. The first-order valence-corrected chi connectivity index (χ1v) is 4.58. The minimum Gasteiger partial charge on any atom is -0.545 e. The number of nitro benzene ring substituents is 1. The van der Waals surface area contributed by atoms with E-state index in [4.69, 9.17) is 11.6 Å². The van der Waals surface area contributed by atoms with Crippen molar-refractivity contribution in [2.45, 2.75) is 6.92 Å². The smallest absolute Gasteiger partial charge is 0.313 e. The van der Waals surface area contributed by atoms with Gasteiger partial charge in [-0.1, -0.05) is 11.6 Å². The van der Waals surface area contributed by atoms with Gasteiger partial charge in [-0.15, -0.1) is 0 Å². The monoisotopic (exact) mass is 258 g/mol. The molecule has 0 fully saturated rings. The van der Waals surface area contributed by atoms with Crippen LogP contribution in [0.3, 0.4) is 0 Å². The van der Waals surface area contributed by atoms with Crippen LogP contribution in [0.5, 0.6) is 5.75 Å². The lowest BCUT2D eigenvalue weighted by Crippen LogP contribution is -2.24. The van der Waals surface area contributed by atoms with Crippen LogP contribution in [0.4, 0.5) is 5.69 Å². The minimum atomic E-state index is -1.73. The number of carboxylic acids is 1. The number of aromatic carboxylic acids is 1. The highest BCUT2D eigenvalue weighted by molar-refractivity contribution is 6.31. The van der Waals surface area contributed by atoms with E-state index in [1.807, 2.05) is 0 Å². The van der Waals surface area contributed by atoms with E-state index in [9.17, 15) is 24.8 Å². The lowest BCUT2D eigenvalue weighted by Gasteiger charge is -2.10. The first-order chi connectivity index (χ1) is 7.82. The molecule has 0 aliphatic heterocycles. The first kappa shape index (κ1) is 12.9. The zero-order valence-electron chi connectivity index (χ0n) is 8.43. The van der Waals surface area contributed by atoms with E-state index in [0.717, 1.165) is 19.1 Å². The molecule has 0 spiro atoms. The molecule has 0 saturated carbocycles. The van der Waals surface area contributed by atoms with Crippen LogP contribution >= 0.6 is 11.6 Å². The van der Waals surface area contributed by atoms with Crippen molar-refractivity contribution in [3.05, 3.63) is 32.8 Å². The fraction of sp³-hybridized carbons (Fsp3) is 0.111. The molecule has 0 amide bonds. The van der Waals surface area contributed by atoms with E-state index in [1.54, 1.807) is 0 Å². The van der Waals surface area contributed by atoms with Crippen molar-refractivity contribution in [3.8, 4) is 5.75 Å². The van der Waals surface area contributed by atoms with Crippen molar-refractivity contribution in [1.82, 2.24) is 0 Å². The number of rotatable bonds is 3. The Morgan fingerprint density at radius 3 is 2.41 bits per heavy atom. The number of hydrogen-bond acceptors (Lipinski definition) is 6. The van der Waals surface area contributed by atoms with Crippen LogP contribution in [0.25, 0.3) is 0 Å². The second-order valence-corrected chi connectivity index (χ2v) is 3.38. The van der Waals surface area contributed by atoms with Crippen LogP contribution in [0.15, 0.2) is 12.1 Å². The Kier molecular flexibility index (Phi) is 3.64. The number of nitro groups is 1. The Morgan fingerprint density at radius 2 is 2.00 bits per heavy atom. The average Bonchev–Trinajstić information content (AvgIpc) is 2.18. The molecule has 0 saturated heterocycles. The summed E-state index contributed by atoms with van der Waals surface area (Å²) in [5, 5.41) is 21.2. The Balaban J connectivity index is 3.52. The van der Waals surface area contributed by atoms with Gasteiger partial charge < -0.3 is 14.6 Å². The van der Waals surface area contributed by atoms with Crippen molar-refractivity contribution < 1.29 is 24.4 Å². The molecule has 17 heavy (non-hydrogen) atoms. The predicted octanol–water partition coefficient (Wildman–Crippen LogP) is 0.537. The summed E-state index contributed by atoms with van der Waals surface area (Å²) in [6.07, 6.45) is 0. The molecule has 90 valence electrons. The summed E-state index contributed by atoms with van der Waals surface area (Å²) in [4.78, 5) is 31.3. The van der Waals surface area contributed by atoms with Gasteiger partial charge in [0.05, 0.1) is 10.9 Å². The summed E-state index contributed by atoms with van der Waals surface area (Å²) in [7, 11) is 0. The zero-order chi connectivity index (χ0) is 13.2. The van der Waals surface area contributed by atoms with Crippen LogP contribution in [0.2, 0.25) is 5.02 Å². The summed E-state index contributed by atoms with van der Waals surface area (Å²) in [6, 6.07) is 1.79. The number of carboxylic acid groups (broad SMARTS) is 1. The van der Waals surface area contributed by atoms with Gasteiger partial charge in [-0.25, -0.2) is 0 Å². The molecule has 7 nitrogen and oxygen atoms in total. The van der Waals surface area contributed by atoms with E-state index >= 15 is 0 Å². The molecular weight excluding hydrogens is 254 g/mol. The molecule has 0 bridgehead atoms. The number of esters is 1. The average molecular weight is 259 g/mol. The molecule has 1 aromatic rings. The lowest BCUT2D eigenvalue weighted by atomic mass is 10.1. The molecule has 1 aromatic carbocycles. The Morgan fingerprint density at radius 1 is 1.41 bits per heavy atom. The number of carbonyl (C=O) groups excluding carboxylic acids is 2. The molecule has 0 aromatic heterocycles. The van der Waals surface area contributed by atoms with Crippen molar-refractivity contribution in [2.75, 3.05) is 0 Å². The Labute approximate surface area is 99.7 Å². The number of halogens is 1. The van der Waals surface area contributed by atoms with Crippen molar-refractivity contribution in [1.29, 1.82) is 0 Å². The van der Waals surface area contributed by atoms with Crippen LogP contribution in [-0.4, -0.2) is 16.9 Å². The maximum absolute atomic E-state index is 10.8. The fourth-order valence-corrected chi connectivity index (χ4v) is 1.33. The highest BCUT2D eigenvalue weighted by Gasteiger charge is 2.23. The molecular formula is C9H5ClNO6-. The van der Waals surface area contributed by atoms with Crippen molar-refractivity contribution in [3.63, 3.8) is 0 Å². The van der Waals surface area contributed by atoms with Gasteiger partial charge in [-0.3, -0.25) is 14.9 Å². The number of nitrogens with zero attached hydrogens (tertiary/aromatic N) is 1. The summed E-state index contributed by atoms with van der Waals surface area (Å²) in [5.74, 6) is -3.31. The third-order valence-corrected chi connectivity index (χ3v) is 1.91. The van der Waals surface area contributed by atoms with E-state index in [1.165, 1.54) is 0 Å². The van der Waals surface area contributed by atoms with E-state index in [2.05, 4.69) is 4.74 Å². The number of ether oxygens (including phenoxy) is 1. The highest BCUT2D eigenvalue weighted by atomic mass is 35.5. The third-order valence-electron chi connectivity index (χ3n) is 1.70. The van der Waals surface area contributed by atoms with Crippen LogP contribution in [0, 0.1) is 10.1 Å². The van der Waals surface area contributed by atoms with Crippen LogP contribution in [-0.2, 0) is 4.79 Å². The fourth-order valence-electron chi connectivity index (χ4n) is 1.12. The van der Waals surface area contributed by atoms with Gasteiger partial charge in [-0.2, -0.15) is 0 Å². The second-order valence-electron chi connectivity index (χ2n) is 2.94. The molecule has 0 aliphatic rings. The molecule has 0 unspecified atom stereocenters. The summed E-state index contributed by atoms with van der Waals surface area (Å²) in [5.41, 5.74) is -1.37. The van der Waals surface area contributed by atoms with E-state index < -0.39 is 33.9 Å².